The van der Waals surface area contributed by atoms with Crippen LogP contribution in [0.1, 0.15) is 17.0 Å². The summed E-state index contributed by atoms with van der Waals surface area (Å²) >= 11 is 5.79. The number of rotatable bonds is 5. The number of likely N-dealkylation sites (N-methyl/N-ethyl adjacent to an activating group) is 1. The van der Waals surface area contributed by atoms with Gasteiger partial charge in [0.05, 0.1) is 5.02 Å². The summed E-state index contributed by atoms with van der Waals surface area (Å²) in [7, 11) is 1.79. The highest BCUT2D eigenvalue weighted by molar-refractivity contribution is 6.30. The standard InChI is InChI=1S/C16H16ClF2N/c1-20-10-12(13-6-2-3-8-15(13)18)9-11-5-4-7-14(17)16(11)19/h2-8,12,20H,9-10H2,1H3. The van der Waals surface area contributed by atoms with E-state index in [9.17, 15) is 8.78 Å². The minimum atomic E-state index is -0.424. The predicted molar refractivity (Wildman–Crippen MR) is 78.2 cm³/mol. The lowest BCUT2D eigenvalue weighted by Crippen LogP contribution is -2.20. The largest absolute Gasteiger partial charge is 0.319 e. The quantitative estimate of drug-likeness (QED) is 0.873. The van der Waals surface area contributed by atoms with Gasteiger partial charge in [0.15, 0.2) is 0 Å². The minimum absolute atomic E-state index is 0.0965. The number of hydrogen-bond donors (Lipinski definition) is 1. The fourth-order valence-electron chi connectivity index (χ4n) is 2.32. The zero-order chi connectivity index (χ0) is 14.5. The second-order valence-electron chi connectivity index (χ2n) is 4.69. The van der Waals surface area contributed by atoms with Gasteiger partial charge in [-0.1, -0.05) is 41.9 Å². The van der Waals surface area contributed by atoms with Crippen molar-refractivity contribution < 1.29 is 8.78 Å². The van der Waals surface area contributed by atoms with Crippen LogP contribution >= 0.6 is 11.6 Å². The Morgan fingerprint density at radius 3 is 2.55 bits per heavy atom. The van der Waals surface area contributed by atoms with Gasteiger partial charge < -0.3 is 5.32 Å². The number of halogens is 3. The summed E-state index contributed by atoms with van der Waals surface area (Å²) in [6, 6.07) is 11.5. The molecule has 0 aliphatic rings. The summed E-state index contributed by atoms with van der Waals surface area (Å²) in [6.07, 6.45) is 0.397. The van der Waals surface area contributed by atoms with Crippen molar-refractivity contribution in [3.63, 3.8) is 0 Å². The molecule has 0 saturated heterocycles. The Morgan fingerprint density at radius 2 is 1.85 bits per heavy atom. The smallest absolute Gasteiger partial charge is 0.144 e. The maximum absolute atomic E-state index is 14.0. The molecule has 20 heavy (non-hydrogen) atoms. The van der Waals surface area contributed by atoms with Crippen molar-refractivity contribution in [2.45, 2.75) is 12.3 Å². The molecule has 0 radical (unpaired) electrons. The van der Waals surface area contributed by atoms with Crippen molar-refractivity contribution in [3.8, 4) is 0 Å². The molecule has 0 bridgehead atoms. The molecule has 106 valence electrons. The minimum Gasteiger partial charge on any atom is -0.319 e. The van der Waals surface area contributed by atoms with Gasteiger partial charge in [-0.25, -0.2) is 8.78 Å². The van der Waals surface area contributed by atoms with Crippen LogP contribution in [-0.4, -0.2) is 13.6 Å². The number of nitrogens with one attached hydrogen (secondary N) is 1. The van der Waals surface area contributed by atoms with E-state index in [0.717, 1.165) is 0 Å². The molecule has 0 fully saturated rings. The fraction of sp³-hybridized carbons (Fsp3) is 0.250. The zero-order valence-electron chi connectivity index (χ0n) is 11.2. The second kappa shape index (κ2) is 6.82. The third-order valence-electron chi connectivity index (χ3n) is 3.29. The van der Waals surface area contributed by atoms with Gasteiger partial charge in [0, 0.05) is 12.5 Å². The van der Waals surface area contributed by atoms with Crippen LogP contribution in [0.15, 0.2) is 42.5 Å². The summed E-state index contributed by atoms with van der Waals surface area (Å²) in [5, 5.41) is 3.12. The van der Waals surface area contributed by atoms with Crippen LogP contribution in [0.4, 0.5) is 8.78 Å². The molecule has 2 aromatic rings. The monoisotopic (exact) mass is 295 g/mol. The maximum Gasteiger partial charge on any atom is 0.144 e. The Morgan fingerprint density at radius 1 is 1.10 bits per heavy atom. The molecule has 0 heterocycles. The van der Waals surface area contributed by atoms with E-state index in [1.807, 2.05) is 0 Å². The molecule has 0 amide bonds. The van der Waals surface area contributed by atoms with Crippen molar-refractivity contribution in [2.75, 3.05) is 13.6 Å². The van der Waals surface area contributed by atoms with Crippen molar-refractivity contribution in [1.29, 1.82) is 0 Å². The first-order valence-corrected chi connectivity index (χ1v) is 6.83. The maximum atomic E-state index is 14.0. The van der Waals surface area contributed by atoms with Crippen molar-refractivity contribution in [2.24, 2.45) is 0 Å². The van der Waals surface area contributed by atoms with Gasteiger partial charge in [0.2, 0.25) is 0 Å². The van der Waals surface area contributed by atoms with Gasteiger partial charge >= 0.3 is 0 Å². The highest BCUT2D eigenvalue weighted by Gasteiger charge is 2.18. The molecule has 1 unspecified atom stereocenters. The van der Waals surface area contributed by atoms with E-state index in [-0.39, 0.29) is 16.8 Å². The first-order valence-electron chi connectivity index (χ1n) is 6.45. The molecule has 0 aromatic heterocycles. The Bertz CT molecular complexity index is 586. The van der Waals surface area contributed by atoms with Gasteiger partial charge in [-0.3, -0.25) is 0 Å². The van der Waals surface area contributed by atoms with Crippen LogP contribution in [0, 0.1) is 11.6 Å². The van der Waals surface area contributed by atoms with E-state index < -0.39 is 5.82 Å². The number of hydrogen-bond acceptors (Lipinski definition) is 1. The highest BCUT2D eigenvalue weighted by atomic mass is 35.5. The first-order chi connectivity index (χ1) is 9.63. The summed E-state index contributed by atoms with van der Waals surface area (Å²) in [4.78, 5) is 0. The van der Waals surface area contributed by atoms with Crippen LogP contribution < -0.4 is 5.32 Å². The van der Waals surface area contributed by atoms with Crippen LogP contribution in [0.3, 0.4) is 0 Å². The van der Waals surface area contributed by atoms with Gasteiger partial charge in [-0.2, -0.15) is 0 Å². The zero-order valence-corrected chi connectivity index (χ0v) is 11.9. The molecule has 0 aliphatic carbocycles. The summed E-state index contributed by atoms with van der Waals surface area (Å²) < 4.78 is 27.9. The van der Waals surface area contributed by atoms with Crippen molar-refractivity contribution in [3.05, 3.63) is 70.2 Å². The lowest BCUT2D eigenvalue weighted by atomic mass is 9.91. The van der Waals surface area contributed by atoms with Crippen LogP contribution in [0.5, 0.6) is 0 Å². The molecule has 2 rings (SSSR count). The summed E-state index contributed by atoms with van der Waals surface area (Å²) in [5.41, 5.74) is 1.09. The van der Waals surface area contributed by atoms with E-state index >= 15 is 0 Å². The van der Waals surface area contributed by atoms with Gasteiger partial charge in [0.1, 0.15) is 11.6 Å². The topological polar surface area (TPSA) is 12.0 Å². The van der Waals surface area contributed by atoms with Crippen molar-refractivity contribution >= 4 is 11.6 Å². The molecule has 2 aromatic carbocycles. The van der Waals surface area contributed by atoms with Gasteiger partial charge in [0.25, 0.3) is 0 Å². The van der Waals surface area contributed by atoms with E-state index in [4.69, 9.17) is 11.6 Å². The van der Waals surface area contributed by atoms with Crippen LogP contribution in [0.2, 0.25) is 5.02 Å². The van der Waals surface area contributed by atoms with E-state index in [1.54, 1.807) is 37.4 Å². The van der Waals surface area contributed by atoms with E-state index in [0.29, 0.717) is 24.1 Å². The van der Waals surface area contributed by atoms with Crippen LogP contribution in [0.25, 0.3) is 0 Å². The molecule has 0 spiro atoms. The molecular formula is C16H16ClF2N. The molecule has 0 saturated carbocycles. The third-order valence-corrected chi connectivity index (χ3v) is 3.59. The summed E-state index contributed by atoms with van der Waals surface area (Å²) in [6.45, 7) is 0.562. The lowest BCUT2D eigenvalue weighted by Gasteiger charge is -2.18. The second-order valence-corrected chi connectivity index (χ2v) is 5.10. The van der Waals surface area contributed by atoms with E-state index in [2.05, 4.69) is 5.32 Å². The molecular weight excluding hydrogens is 280 g/mol. The molecule has 0 aliphatic heterocycles. The molecule has 1 nitrogen and oxygen atoms in total. The molecule has 1 atom stereocenters. The average Bonchev–Trinajstić information content (AvgIpc) is 2.44. The SMILES string of the molecule is CNCC(Cc1cccc(Cl)c1F)c1ccccc1F. The number of benzene rings is 2. The Kier molecular flexibility index (Phi) is 5.10. The fourth-order valence-corrected chi connectivity index (χ4v) is 2.51. The first kappa shape index (κ1) is 14.9. The lowest BCUT2D eigenvalue weighted by molar-refractivity contribution is 0.541. The Labute approximate surface area is 122 Å². The highest BCUT2D eigenvalue weighted by Crippen LogP contribution is 2.26. The van der Waals surface area contributed by atoms with Crippen molar-refractivity contribution in [1.82, 2.24) is 5.32 Å². The average molecular weight is 296 g/mol. The van der Waals surface area contributed by atoms with Gasteiger partial charge in [-0.15, -0.1) is 0 Å². The van der Waals surface area contributed by atoms with E-state index in [1.165, 1.54) is 12.1 Å². The normalized spacial score (nSPS) is 12.4. The van der Waals surface area contributed by atoms with Crippen LogP contribution in [-0.2, 0) is 6.42 Å². The Balaban J connectivity index is 2.31. The molecule has 1 N–H and O–H groups in total. The Hall–Kier alpha value is -1.45. The third kappa shape index (κ3) is 3.35. The molecule has 4 heteroatoms. The summed E-state index contributed by atoms with van der Waals surface area (Å²) in [5.74, 6) is -0.837. The van der Waals surface area contributed by atoms with Gasteiger partial charge in [-0.05, 0) is 36.7 Å². The predicted octanol–water partition coefficient (Wildman–Crippen LogP) is 4.16.